The van der Waals surface area contributed by atoms with Crippen molar-refractivity contribution in [3.8, 4) is 5.75 Å². The molecule has 7 heteroatoms. The number of carbonyl (C=O) groups is 1. The van der Waals surface area contributed by atoms with Crippen molar-refractivity contribution in [3.05, 3.63) is 23.8 Å². The Morgan fingerprint density at radius 1 is 1.33 bits per heavy atom. The first kappa shape index (κ1) is 18.5. The summed E-state index contributed by atoms with van der Waals surface area (Å²) in [5.74, 6) is 0.449. The largest absolute Gasteiger partial charge is 0.495 e. The van der Waals surface area contributed by atoms with Crippen LogP contribution < -0.4 is 10.1 Å². The molecule has 0 radical (unpaired) electrons. The highest BCUT2D eigenvalue weighted by molar-refractivity contribution is 5.91. The number of fused-ring (bicyclic) bond motifs is 3. The van der Waals surface area contributed by atoms with E-state index in [2.05, 4.69) is 5.32 Å². The Bertz CT molecular complexity index is 712. The lowest BCUT2D eigenvalue weighted by atomic mass is 9.66. The van der Waals surface area contributed by atoms with Gasteiger partial charge in [-0.2, -0.15) is 0 Å². The van der Waals surface area contributed by atoms with Crippen molar-refractivity contribution < 1.29 is 24.1 Å². The lowest BCUT2D eigenvalue weighted by Crippen LogP contribution is -2.69. The summed E-state index contributed by atoms with van der Waals surface area (Å²) in [6, 6.07) is 5.51. The summed E-state index contributed by atoms with van der Waals surface area (Å²) in [5.41, 5.74) is 0.886. The Hall–Kier alpha value is -1.83. The van der Waals surface area contributed by atoms with Gasteiger partial charge < -0.3 is 29.5 Å². The molecular formula is C20H28N2O5. The minimum atomic E-state index is -0.818. The van der Waals surface area contributed by atoms with E-state index in [1.807, 2.05) is 30.0 Å². The van der Waals surface area contributed by atoms with Gasteiger partial charge in [-0.05, 0) is 31.0 Å². The van der Waals surface area contributed by atoms with Crippen LogP contribution >= 0.6 is 0 Å². The first-order valence-electron chi connectivity index (χ1n) is 9.63. The Labute approximate surface area is 159 Å². The molecule has 0 aromatic heterocycles. The van der Waals surface area contributed by atoms with Gasteiger partial charge in [0.05, 0.1) is 31.6 Å². The van der Waals surface area contributed by atoms with Crippen molar-refractivity contribution >= 4 is 11.7 Å². The van der Waals surface area contributed by atoms with Crippen LogP contribution in [-0.2, 0) is 9.47 Å². The summed E-state index contributed by atoms with van der Waals surface area (Å²) in [6.07, 6.45) is 1.34. The number of rotatable bonds is 2. The highest BCUT2D eigenvalue weighted by atomic mass is 16.5. The number of urea groups is 1. The molecule has 0 spiro atoms. The van der Waals surface area contributed by atoms with Crippen LogP contribution in [-0.4, -0.2) is 67.8 Å². The van der Waals surface area contributed by atoms with Gasteiger partial charge in [0.2, 0.25) is 0 Å². The maximum atomic E-state index is 13.2. The number of piperidine rings is 1. The van der Waals surface area contributed by atoms with Gasteiger partial charge in [-0.25, -0.2) is 4.79 Å². The van der Waals surface area contributed by atoms with Crippen molar-refractivity contribution in [1.29, 1.82) is 0 Å². The van der Waals surface area contributed by atoms with Gasteiger partial charge in [0.25, 0.3) is 0 Å². The number of benzene rings is 1. The average Bonchev–Trinajstić information content (AvgIpc) is 2.67. The Balaban J connectivity index is 1.59. The molecule has 1 aromatic carbocycles. The molecule has 1 aromatic rings. The smallest absolute Gasteiger partial charge is 0.322 e. The average molecular weight is 376 g/mol. The Morgan fingerprint density at radius 2 is 2.15 bits per heavy atom. The van der Waals surface area contributed by atoms with Crippen LogP contribution in [0.1, 0.15) is 18.4 Å². The predicted octanol–water partition coefficient (Wildman–Crippen LogP) is 2.02. The standard InChI is InChI=1S/C20H28N2O5/c1-13-3-4-18(25-2)16(9-13)21-19(23)22-10-14-11-27-8-6-20(14,24)15-12-26-7-5-17(15)22/h3-4,9,14-15,17,24H,5-8,10-12H2,1-2H3,(H,21,23)/t14-,15+,17-,20-/m0/s1. The number of aryl methyl sites for hydroxylation is 1. The molecule has 2 amide bonds. The van der Waals surface area contributed by atoms with Gasteiger partial charge in [0.15, 0.2) is 0 Å². The van der Waals surface area contributed by atoms with E-state index in [4.69, 9.17) is 14.2 Å². The minimum Gasteiger partial charge on any atom is -0.495 e. The lowest BCUT2D eigenvalue weighted by Gasteiger charge is -2.56. The fourth-order valence-corrected chi connectivity index (χ4v) is 4.80. The van der Waals surface area contributed by atoms with Gasteiger partial charge in [0.1, 0.15) is 5.75 Å². The van der Waals surface area contributed by atoms with Gasteiger partial charge >= 0.3 is 6.03 Å². The van der Waals surface area contributed by atoms with E-state index in [0.717, 1.165) is 12.0 Å². The molecule has 3 heterocycles. The summed E-state index contributed by atoms with van der Waals surface area (Å²) < 4.78 is 16.7. The van der Waals surface area contributed by atoms with Crippen LogP contribution in [0.5, 0.6) is 5.75 Å². The summed E-state index contributed by atoms with van der Waals surface area (Å²) in [6.45, 7) is 4.58. The Kier molecular flexibility index (Phi) is 5.01. The van der Waals surface area contributed by atoms with Crippen molar-refractivity contribution in [3.63, 3.8) is 0 Å². The SMILES string of the molecule is COc1ccc(C)cc1NC(=O)N1C[C@H]2COCC[C@@]2(O)[C@@H]2COCC[C@@H]21. The van der Waals surface area contributed by atoms with Gasteiger partial charge in [0, 0.05) is 44.1 Å². The zero-order valence-electron chi connectivity index (χ0n) is 15.9. The second kappa shape index (κ2) is 7.30. The second-order valence-corrected chi connectivity index (χ2v) is 7.84. The Morgan fingerprint density at radius 3 is 2.96 bits per heavy atom. The summed E-state index contributed by atoms with van der Waals surface area (Å²) >= 11 is 0. The number of aliphatic hydroxyl groups is 1. The number of hydrogen-bond acceptors (Lipinski definition) is 5. The number of amides is 2. The number of nitrogens with one attached hydrogen (secondary N) is 1. The molecule has 4 atom stereocenters. The number of ether oxygens (including phenoxy) is 3. The molecule has 0 aliphatic carbocycles. The van der Waals surface area contributed by atoms with Crippen LogP contribution in [0.3, 0.4) is 0 Å². The van der Waals surface area contributed by atoms with Crippen LogP contribution in [0.15, 0.2) is 18.2 Å². The van der Waals surface area contributed by atoms with Crippen molar-refractivity contribution in [1.82, 2.24) is 4.90 Å². The number of hydrogen-bond donors (Lipinski definition) is 2. The molecule has 2 N–H and O–H groups in total. The van der Waals surface area contributed by atoms with E-state index in [1.54, 1.807) is 7.11 Å². The third kappa shape index (κ3) is 3.28. The van der Waals surface area contributed by atoms with E-state index in [-0.39, 0.29) is 23.9 Å². The molecule has 148 valence electrons. The van der Waals surface area contributed by atoms with Crippen LogP contribution in [0.4, 0.5) is 10.5 Å². The number of nitrogens with zero attached hydrogens (tertiary/aromatic N) is 1. The molecule has 0 bridgehead atoms. The molecule has 27 heavy (non-hydrogen) atoms. The topological polar surface area (TPSA) is 80.3 Å². The molecule has 0 saturated carbocycles. The third-order valence-electron chi connectivity index (χ3n) is 6.31. The van der Waals surface area contributed by atoms with Crippen molar-refractivity contribution in [2.75, 3.05) is 45.4 Å². The first-order valence-corrected chi connectivity index (χ1v) is 9.63. The third-order valence-corrected chi connectivity index (χ3v) is 6.31. The first-order chi connectivity index (χ1) is 13.0. The molecular weight excluding hydrogens is 348 g/mol. The maximum absolute atomic E-state index is 13.2. The zero-order chi connectivity index (χ0) is 19.0. The summed E-state index contributed by atoms with van der Waals surface area (Å²) in [5, 5.41) is 14.4. The van der Waals surface area contributed by atoms with E-state index in [1.165, 1.54) is 0 Å². The van der Waals surface area contributed by atoms with E-state index in [0.29, 0.717) is 50.8 Å². The molecule has 0 unspecified atom stereocenters. The summed E-state index contributed by atoms with van der Waals surface area (Å²) in [7, 11) is 1.59. The van der Waals surface area contributed by atoms with E-state index < -0.39 is 5.60 Å². The number of methoxy groups -OCH3 is 1. The second-order valence-electron chi connectivity index (χ2n) is 7.84. The molecule has 3 aliphatic rings. The van der Waals surface area contributed by atoms with Crippen molar-refractivity contribution in [2.24, 2.45) is 11.8 Å². The fourth-order valence-electron chi connectivity index (χ4n) is 4.80. The monoisotopic (exact) mass is 376 g/mol. The maximum Gasteiger partial charge on any atom is 0.322 e. The number of carbonyl (C=O) groups excluding carboxylic acids is 1. The number of anilines is 1. The molecule has 4 rings (SSSR count). The minimum absolute atomic E-state index is 0.0334. The predicted molar refractivity (Wildman–Crippen MR) is 100 cm³/mol. The summed E-state index contributed by atoms with van der Waals surface area (Å²) in [4.78, 5) is 15.0. The molecule has 3 fully saturated rings. The van der Waals surface area contributed by atoms with E-state index >= 15 is 0 Å². The van der Waals surface area contributed by atoms with Crippen LogP contribution in [0, 0.1) is 18.8 Å². The van der Waals surface area contributed by atoms with Gasteiger partial charge in [-0.1, -0.05) is 6.07 Å². The van der Waals surface area contributed by atoms with Crippen molar-refractivity contribution in [2.45, 2.75) is 31.4 Å². The van der Waals surface area contributed by atoms with Gasteiger partial charge in [-0.3, -0.25) is 0 Å². The number of likely N-dealkylation sites (tertiary alicyclic amines) is 1. The highest BCUT2D eigenvalue weighted by Gasteiger charge is 2.56. The van der Waals surface area contributed by atoms with Crippen LogP contribution in [0.25, 0.3) is 0 Å². The molecule has 3 aliphatic heterocycles. The quantitative estimate of drug-likeness (QED) is 0.826. The fraction of sp³-hybridized carbons (Fsp3) is 0.650. The molecule has 7 nitrogen and oxygen atoms in total. The normalized spacial score (nSPS) is 33.0. The highest BCUT2D eigenvalue weighted by Crippen LogP contribution is 2.44. The van der Waals surface area contributed by atoms with Crippen LogP contribution in [0.2, 0.25) is 0 Å². The molecule has 3 saturated heterocycles. The van der Waals surface area contributed by atoms with Gasteiger partial charge in [-0.15, -0.1) is 0 Å². The zero-order valence-corrected chi connectivity index (χ0v) is 15.9. The lowest BCUT2D eigenvalue weighted by molar-refractivity contribution is -0.211. The van der Waals surface area contributed by atoms with E-state index in [9.17, 15) is 9.90 Å².